The number of fused-ring (bicyclic) bond motifs is 1. The van der Waals surface area contributed by atoms with E-state index < -0.39 is 17.3 Å². The normalized spacial score (nSPS) is 13.3. The minimum absolute atomic E-state index is 0.0164. The molecular weight excluding hydrogens is 340 g/mol. The minimum atomic E-state index is -1.07. The Bertz CT molecular complexity index is 859. The first-order chi connectivity index (χ1) is 12.3. The summed E-state index contributed by atoms with van der Waals surface area (Å²) < 4.78 is 12.6. The van der Waals surface area contributed by atoms with Crippen LogP contribution in [0.5, 0.6) is 11.5 Å². The maximum atomic E-state index is 12.3. The maximum Gasteiger partial charge on any atom is 0.310 e. The van der Waals surface area contributed by atoms with Gasteiger partial charge in [-0.2, -0.15) is 0 Å². The van der Waals surface area contributed by atoms with Crippen LogP contribution in [-0.2, 0) is 4.79 Å². The van der Waals surface area contributed by atoms with E-state index in [4.69, 9.17) is 14.6 Å². The number of ether oxygens (including phenoxy) is 2. The number of aliphatic carboxylic acids is 1. The molecule has 9 nitrogen and oxygen atoms in total. The molecule has 0 saturated heterocycles. The second-order valence-electron chi connectivity index (χ2n) is 6.63. The van der Waals surface area contributed by atoms with Crippen molar-refractivity contribution >= 4 is 11.9 Å². The van der Waals surface area contributed by atoms with E-state index in [1.165, 1.54) is 18.5 Å². The summed E-state index contributed by atoms with van der Waals surface area (Å²) in [5.74, 6) is -0.195. The summed E-state index contributed by atoms with van der Waals surface area (Å²) in [6.07, 6.45) is 0. The van der Waals surface area contributed by atoms with Gasteiger partial charge in [0.2, 0.25) is 0 Å². The fourth-order valence-electron chi connectivity index (χ4n) is 2.41. The monoisotopic (exact) mass is 360 g/mol. The summed E-state index contributed by atoms with van der Waals surface area (Å²) in [4.78, 5) is 23.5. The molecule has 0 radical (unpaired) electrons. The van der Waals surface area contributed by atoms with Crippen molar-refractivity contribution in [2.45, 2.75) is 20.8 Å². The van der Waals surface area contributed by atoms with Crippen molar-refractivity contribution in [2.24, 2.45) is 5.41 Å². The highest BCUT2D eigenvalue weighted by atomic mass is 16.6. The van der Waals surface area contributed by atoms with E-state index in [0.717, 1.165) is 0 Å². The predicted molar refractivity (Wildman–Crippen MR) is 90.8 cm³/mol. The highest BCUT2D eigenvalue weighted by Gasteiger charge is 2.28. The third-order valence-electron chi connectivity index (χ3n) is 4.15. The average molecular weight is 360 g/mol. The van der Waals surface area contributed by atoms with Crippen molar-refractivity contribution in [3.05, 3.63) is 29.6 Å². The number of hydrogen-bond acceptors (Lipinski definition) is 6. The average Bonchev–Trinajstić information content (AvgIpc) is 3.00. The van der Waals surface area contributed by atoms with Gasteiger partial charge in [0.15, 0.2) is 17.2 Å². The van der Waals surface area contributed by atoms with Crippen LogP contribution in [0.25, 0.3) is 5.69 Å². The molecule has 138 valence electrons. The van der Waals surface area contributed by atoms with E-state index in [0.29, 0.717) is 36.1 Å². The number of carboxylic acid groups (broad SMARTS) is 1. The van der Waals surface area contributed by atoms with E-state index in [9.17, 15) is 9.59 Å². The molecule has 0 unspecified atom stereocenters. The van der Waals surface area contributed by atoms with Crippen molar-refractivity contribution in [3.8, 4) is 17.2 Å². The molecule has 26 heavy (non-hydrogen) atoms. The fraction of sp³-hybridized carbons (Fsp3) is 0.412. The Balaban J connectivity index is 1.80. The first-order valence-electron chi connectivity index (χ1n) is 8.13. The van der Waals surface area contributed by atoms with Crippen molar-refractivity contribution in [2.75, 3.05) is 19.8 Å². The number of rotatable bonds is 5. The topological polar surface area (TPSA) is 116 Å². The Morgan fingerprint density at radius 1 is 1.27 bits per heavy atom. The van der Waals surface area contributed by atoms with Crippen LogP contribution in [0.15, 0.2) is 18.2 Å². The molecule has 3 rings (SSSR count). The third-order valence-corrected chi connectivity index (χ3v) is 4.15. The molecule has 1 aromatic carbocycles. The minimum Gasteiger partial charge on any atom is -0.486 e. The summed E-state index contributed by atoms with van der Waals surface area (Å²) in [6.45, 7) is 5.75. The number of carboxylic acids is 1. The Hall–Kier alpha value is -3.10. The standard InChI is InChI=1S/C17H20N4O5/c1-10-14(15(22)18-9-17(2,3)16(23)24)19-20-21(10)11-4-5-12-13(8-11)26-7-6-25-12/h4-5,8H,6-7,9H2,1-3H3,(H,18,22)(H,23,24). The molecule has 1 aromatic heterocycles. The number of carbonyl (C=O) groups is 2. The van der Waals surface area contributed by atoms with Crippen LogP contribution < -0.4 is 14.8 Å². The van der Waals surface area contributed by atoms with Crippen LogP contribution in [0.4, 0.5) is 0 Å². The molecule has 2 N–H and O–H groups in total. The number of nitrogens with zero attached hydrogens (tertiary/aromatic N) is 3. The number of carbonyl (C=O) groups excluding carboxylic acids is 1. The van der Waals surface area contributed by atoms with Gasteiger partial charge < -0.3 is 19.9 Å². The van der Waals surface area contributed by atoms with Crippen LogP contribution in [0.1, 0.15) is 30.0 Å². The Morgan fingerprint density at radius 3 is 2.65 bits per heavy atom. The molecule has 0 spiro atoms. The van der Waals surface area contributed by atoms with Gasteiger partial charge in [0.25, 0.3) is 5.91 Å². The fourth-order valence-corrected chi connectivity index (χ4v) is 2.41. The van der Waals surface area contributed by atoms with Crippen molar-refractivity contribution < 1.29 is 24.2 Å². The first-order valence-corrected chi connectivity index (χ1v) is 8.13. The van der Waals surface area contributed by atoms with Gasteiger partial charge in [-0.25, -0.2) is 4.68 Å². The summed E-state index contributed by atoms with van der Waals surface area (Å²) in [5.41, 5.74) is 0.285. The molecule has 0 aliphatic carbocycles. The summed E-state index contributed by atoms with van der Waals surface area (Å²) >= 11 is 0. The first kappa shape index (κ1) is 17.7. The van der Waals surface area contributed by atoms with Gasteiger partial charge in [-0.3, -0.25) is 9.59 Å². The van der Waals surface area contributed by atoms with Gasteiger partial charge in [-0.1, -0.05) is 5.21 Å². The summed E-state index contributed by atoms with van der Waals surface area (Å²) in [7, 11) is 0. The molecule has 1 aliphatic rings. The summed E-state index contributed by atoms with van der Waals surface area (Å²) in [5, 5.41) is 19.7. The third kappa shape index (κ3) is 3.32. The second kappa shape index (κ2) is 6.66. The Morgan fingerprint density at radius 2 is 1.96 bits per heavy atom. The Labute approximate surface area is 149 Å². The molecule has 0 saturated carbocycles. The smallest absolute Gasteiger partial charge is 0.310 e. The van der Waals surface area contributed by atoms with Crippen molar-refractivity contribution in [3.63, 3.8) is 0 Å². The quantitative estimate of drug-likeness (QED) is 0.823. The van der Waals surface area contributed by atoms with Gasteiger partial charge in [0.1, 0.15) is 13.2 Å². The van der Waals surface area contributed by atoms with Crippen molar-refractivity contribution in [1.82, 2.24) is 20.3 Å². The van der Waals surface area contributed by atoms with E-state index in [-0.39, 0.29) is 12.2 Å². The number of hydrogen-bond donors (Lipinski definition) is 2. The van der Waals surface area contributed by atoms with E-state index in [2.05, 4.69) is 15.6 Å². The van der Waals surface area contributed by atoms with Gasteiger partial charge in [-0.15, -0.1) is 5.10 Å². The molecule has 0 fully saturated rings. The zero-order chi connectivity index (χ0) is 18.9. The van der Waals surface area contributed by atoms with Crippen LogP contribution in [0, 0.1) is 12.3 Å². The summed E-state index contributed by atoms with van der Waals surface area (Å²) in [6, 6.07) is 5.34. The van der Waals surface area contributed by atoms with E-state index >= 15 is 0 Å². The number of aromatic nitrogens is 3. The molecule has 0 atom stereocenters. The van der Waals surface area contributed by atoms with Crippen LogP contribution in [0.2, 0.25) is 0 Å². The lowest BCUT2D eigenvalue weighted by atomic mass is 9.94. The molecular formula is C17H20N4O5. The van der Waals surface area contributed by atoms with Crippen molar-refractivity contribution in [1.29, 1.82) is 0 Å². The van der Waals surface area contributed by atoms with Gasteiger partial charge in [0, 0.05) is 12.6 Å². The van der Waals surface area contributed by atoms with Gasteiger partial charge >= 0.3 is 5.97 Å². The van der Waals surface area contributed by atoms with Crippen LogP contribution in [-0.4, -0.2) is 51.7 Å². The highest BCUT2D eigenvalue weighted by molar-refractivity contribution is 5.93. The van der Waals surface area contributed by atoms with Gasteiger partial charge in [0.05, 0.1) is 16.8 Å². The largest absolute Gasteiger partial charge is 0.486 e. The second-order valence-corrected chi connectivity index (χ2v) is 6.63. The lowest BCUT2D eigenvalue weighted by Gasteiger charge is -2.19. The van der Waals surface area contributed by atoms with Crippen LogP contribution in [0.3, 0.4) is 0 Å². The predicted octanol–water partition coefficient (Wildman–Crippen LogP) is 1.19. The molecule has 1 aliphatic heterocycles. The Kier molecular flexibility index (Phi) is 4.54. The zero-order valence-corrected chi connectivity index (χ0v) is 14.8. The molecule has 2 aromatic rings. The molecule has 1 amide bonds. The molecule has 9 heteroatoms. The van der Waals surface area contributed by atoms with E-state index in [1.807, 2.05) is 0 Å². The maximum absolute atomic E-state index is 12.3. The number of nitrogens with one attached hydrogen (secondary N) is 1. The zero-order valence-electron chi connectivity index (χ0n) is 14.8. The molecule has 0 bridgehead atoms. The lowest BCUT2D eigenvalue weighted by Crippen LogP contribution is -2.39. The molecule has 2 heterocycles. The number of amides is 1. The lowest BCUT2D eigenvalue weighted by molar-refractivity contribution is -0.146. The number of benzene rings is 1. The van der Waals surface area contributed by atoms with Crippen LogP contribution >= 0.6 is 0 Å². The highest BCUT2D eigenvalue weighted by Crippen LogP contribution is 2.32. The van der Waals surface area contributed by atoms with Gasteiger partial charge in [-0.05, 0) is 32.9 Å². The van der Waals surface area contributed by atoms with E-state index in [1.54, 1.807) is 25.1 Å². The SMILES string of the molecule is Cc1c(C(=O)NCC(C)(C)C(=O)O)nnn1-c1ccc2c(c1)OCCO2.